The first-order chi connectivity index (χ1) is 10.4. The zero-order chi connectivity index (χ0) is 16.3. The van der Waals surface area contributed by atoms with Crippen LogP contribution in [0.5, 0.6) is 0 Å². The summed E-state index contributed by atoms with van der Waals surface area (Å²) in [4.78, 5) is 26.8. The highest BCUT2D eigenvalue weighted by atomic mass is 16.6. The van der Waals surface area contributed by atoms with Gasteiger partial charge in [-0.15, -0.1) is 0 Å². The molecule has 0 unspecified atom stereocenters. The lowest BCUT2D eigenvalue weighted by molar-refractivity contribution is -0.384. The van der Waals surface area contributed by atoms with Gasteiger partial charge in [0.2, 0.25) is 0 Å². The summed E-state index contributed by atoms with van der Waals surface area (Å²) in [6.07, 6.45) is -0.604. The molecule has 0 bridgehead atoms. The molecular formula is C15H17N3O4. The molecule has 1 aromatic heterocycles. The number of benzene rings is 1. The summed E-state index contributed by atoms with van der Waals surface area (Å²) in [6, 6.07) is 6.05. The Balaban J connectivity index is 2.45. The van der Waals surface area contributed by atoms with Crippen molar-refractivity contribution in [3.63, 3.8) is 0 Å². The van der Waals surface area contributed by atoms with Gasteiger partial charge in [-0.3, -0.25) is 19.9 Å². The van der Waals surface area contributed by atoms with Crippen LogP contribution in [0.3, 0.4) is 0 Å². The molecule has 0 fully saturated rings. The van der Waals surface area contributed by atoms with Crippen molar-refractivity contribution in [3.05, 3.63) is 40.1 Å². The summed E-state index contributed by atoms with van der Waals surface area (Å²) >= 11 is 0. The number of carbonyl (C=O) groups excluding carboxylic acids is 1. The largest absolute Gasteiger partial charge is 0.369 e. The summed E-state index contributed by atoms with van der Waals surface area (Å²) in [5.41, 5.74) is 1.74. The SMILES string of the molecule is CCO[C@H](C)C(=O)Nc1cc(C)nc2ccc([N+](=O)[O-])cc12. The zero-order valence-electron chi connectivity index (χ0n) is 12.6. The van der Waals surface area contributed by atoms with Crippen molar-refractivity contribution < 1.29 is 14.5 Å². The lowest BCUT2D eigenvalue weighted by Gasteiger charge is -2.14. The van der Waals surface area contributed by atoms with Crippen LogP contribution < -0.4 is 5.32 Å². The summed E-state index contributed by atoms with van der Waals surface area (Å²) < 4.78 is 5.24. The van der Waals surface area contributed by atoms with Crippen LogP contribution >= 0.6 is 0 Å². The number of hydrogen-bond acceptors (Lipinski definition) is 5. The van der Waals surface area contributed by atoms with Crippen LogP contribution in [0, 0.1) is 17.0 Å². The maximum Gasteiger partial charge on any atom is 0.270 e. The van der Waals surface area contributed by atoms with Crippen molar-refractivity contribution in [3.8, 4) is 0 Å². The van der Waals surface area contributed by atoms with Crippen molar-refractivity contribution in [2.75, 3.05) is 11.9 Å². The maximum atomic E-state index is 12.1. The quantitative estimate of drug-likeness (QED) is 0.677. The van der Waals surface area contributed by atoms with E-state index in [1.165, 1.54) is 12.1 Å². The number of nitro groups is 1. The monoisotopic (exact) mass is 303 g/mol. The van der Waals surface area contributed by atoms with E-state index in [1.54, 1.807) is 32.9 Å². The molecule has 0 saturated carbocycles. The van der Waals surface area contributed by atoms with Crippen LogP contribution in [0.4, 0.5) is 11.4 Å². The zero-order valence-corrected chi connectivity index (χ0v) is 12.6. The lowest BCUT2D eigenvalue weighted by Crippen LogP contribution is -2.27. The molecule has 0 aliphatic rings. The molecule has 1 N–H and O–H groups in total. The summed E-state index contributed by atoms with van der Waals surface area (Å²) in [7, 11) is 0. The first-order valence-corrected chi connectivity index (χ1v) is 6.90. The van der Waals surface area contributed by atoms with Gasteiger partial charge in [0.25, 0.3) is 11.6 Å². The molecule has 1 atom stereocenters. The van der Waals surface area contributed by atoms with Crippen LogP contribution in [-0.4, -0.2) is 28.5 Å². The standard InChI is InChI=1S/C15H17N3O4/c1-4-22-10(3)15(19)17-14-7-9(2)16-13-6-5-11(18(20)21)8-12(13)14/h5-8,10H,4H2,1-3H3,(H,16,17,19)/t10-/m1/s1. The number of ether oxygens (including phenoxy) is 1. The maximum absolute atomic E-state index is 12.1. The molecule has 2 rings (SSSR count). The van der Waals surface area contributed by atoms with E-state index in [0.717, 1.165) is 0 Å². The normalized spacial score (nSPS) is 12.1. The predicted octanol–water partition coefficient (Wildman–Crippen LogP) is 2.81. The van der Waals surface area contributed by atoms with Gasteiger partial charge in [0.15, 0.2) is 0 Å². The molecule has 7 heteroatoms. The minimum absolute atomic E-state index is 0.0495. The number of aromatic nitrogens is 1. The van der Waals surface area contributed by atoms with Gasteiger partial charge in [0, 0.05) is 29.8 Å². The number of amides is 1. The molecule has 0 spiro atoms. The van der Waals surface area contributed by atoms with E-state index in [4.69, 9.17) is 4.74 Å². The molecular weight excluding hydrogens is 286 g/mol. The van der Waals surface area contributed by atoms with Gasteiger partial charge in [-0.25, -0.2) is 0 Å². The predicted molar refractivity (Wildman–Crippen MR) is 82.9 cm³/mol. The van der Waals surface area contributed by atoms with Gasteiger partial charge in [-0.2, -0.15) is 0 Å². The number of anilines is 1. The number of nitrogens with zero attached hydrogens (tertiary/aromatic N) is 2. The third kappa shape index (κ3) is 3.37. The molecule has 1 aromatic carbocycles. The molecule has 1 amide bonds. The Morgan fingerprint density at radius 2 is 2.18 bits per heavy atom. The van der Waals surface area contributed by atoms with Crippen molar-refractivity contribution >= 4 is 28.2 Å². The molecule has 0 aliphatic heterocycles. The topological polar surface area (TPSA) is 94.4 Å². The number of pyridine rings is 1. The number of aryl methyl sites for hydroxylation is 1. The molecule has 0 aliphatic carbocycles. The van der Waals surface area contributed by atoms with Gasteiger partial charge in [-0.05, 0) is 32.9 Å². The first kappa shape index (κ1) is 15.8. The van der Waals surface area contributed by atoms with Gasteiger partial charge in [0.05, 0.1) is 16.1 Å². The van der Waals surface area contributed by atoms with E-state index in [-0.39, 0.29) is 11.6 Å². The second-order valence-corrected chi connectivity index (χ2v) is 4.86. The molecule has 22 heavy (non-hydrogen) atoms. The lowest BCUT2D eigenvalue weighted by atomic mass is 10.1. The number of non-ortho nitro benzene ring substituents is 1. The number of fused-ring (bicyclic) bond motifs is 1. The molecule has 1 heterocycles. The Morgan fingerprint density at radius 3 is 2.82 bits per heavy atom. The molecule has 7 nitrogen and oxygen atoms in total. The van der Waals surface area contributed by atoms with Crippen molar-refractivity contribution in [2.45, 2.75) is 26.9 Å². The van der Waals surface area contributed by atoms with Crippen LogP contribution in [0.25, 0.3) is 10.9 Å². The molecule has 0 saturated heterocycles. The number of carbonyl (C=O) groups is 1. The highest BCUT2D eigenvalue weighted by Gasteiger charge is 2.16. The minimum Gasteiger partial charge on any atom is -0.369 e. The number of nitrogens with one attached hydrogen (secondary N) is 1. The minimum atomic E-state index is -0.604. The second-order valence-electron chi connectivity index (χ2n) is 4.86. The van der Waals surface area contributed by atoms with Gasteiger partial charge >= 0.3 is 0 Å². The number of rotatable bonds is 5. The number of hydrogen-bond donors (Lipinski definition) is 1. The third-order valence-electron chi connectivity index (χ3n) is 3.17. The van der Waals surface area contributed by atoms with E-state index in [1.807, 2.05) is 0 Å². The van der Waals surface area contributed by atoms with Crippen LogP contribution in [0.1, 0.15) is 19.5 Å². The third-order valence-corrected chi connectivity index (χ3v) is 3.17. The van der Waals surface area contributed by atoms with E-state index in [2.05, 4.69) is 10.3 Å². The highest BCUT2D eigenvalue weighted by molar-refractivity contribution is 6.03. The van der Waals surface area contributed by atoms with Crippen molar-refractivity contribution in [1.29, 1.82) is 0 Å². The van der Waals surface area contributed by atoms with Crippen molar-refractivity contribution in [2.24, 2.45) is 0 Å². The summed E-state index contributed by atoms with van der Waals surface area (Å²) in [5.74, 6) is -0.305. The van der Waals surface area contributed by atoms with E-state index in [9.17, 15) is 14.9 Å². The van der Waals surface area contributed by atoms with E-state index < -0.39 is 11.0 Å². The average Bonchev–Trinajstić information content (AvgIpc) is 2.46. The first-order valence-electron chi connectivity index (χ1n) is 6.90. The van der Waals surface area contributed by atoms with Gasteiger partial charge in [-0.1, -0.05) is 0 Å². The van der Waals surface area contributed by atoms with Crippen LogP contribution in [-0.2, 0) is 9.53 Å². The summed E-state index contributed by atoms with van der Waals surface area (Å²) in [6.45, 7) is 5.68. The highest BCUT2D eigenvalue weighted by Crippen LogP contribution is 2.27. The van der Waals surface area contributed by atoms with Crippen molar-refractivity contribution in [1.82, 2.24) is 4.98 Å². The summed E-state index contributed by atoms with van der Waals surface area (Å²) in [5, 5.41) is 14.2. The van der Waals surface area contributed by atoms with Crippen LogP contribution in [0.2, 0.25) is 0 Å². The molecule has 2 aromatic rings. The van der Waals surface area contributed by atoms with Crippen LogP contribution in [0.15, 0.2) is 24.3 Å². The van der Waals surface area contributed by atoms with E-state index >= 15 is 0 Å². The van der Waals surface area contributed by atoms with Gasteiger partial charge < -0.3 is 10.1 Å². The average molecular weight is 303 g/mol. The number of nitro benzene ring substituents is 1. The Kier molecular flexibility index (Phi) is 4.67. The smallest absolute Gasteiger partial charge is 0.270 e. The van der Waals surface area contributed by atoms with E-state index in [0.29, 0.717) is 28.9 Å². The Bertz CT molecular complexity index is 730. The Hall–Kier alpha value is -2.54. The fourth-order valence-corrected chi connectivity index (χ4v) is 2.12. The second kappa shape index (κ2) is 6.48. The Morgan fingerprint density at radius 1 is 1.45 bits per heavy atom. The Labute approximate surface area is 127 Å². The molecule has 0 radical (unpaired) electrons. The van der Waals surface area contributed by atoms with Gasteiger partial charge in [0.1, 0.15) is 6.10 Å². The fourth-order valence-electron chi connectivity index (χ4n) is 2.12. The fraction of sp³-hybridized carbons (Fsp3) is 0.333. The molecule has 116 valence electrons.